The van der Waals surface area contributed by atoms with Gasteiger partial charge in [0.05, 0.1) is 0 Å². The first kappa shape index (κ1) is 18.3. The maximum atomic E-state index is 12.6. The molecule has 2 unspecified atom stereocenters. The minimum Gasteiger partial charge on any atom is -0.444 e. The molecule has 1 N–H and O–H groups in total. The normalized spacial score (nSPS) is 28.0. The minimum absolute atomic E-state index is 0.0487. The second-order valence-electron chi connectivity index (χ2n) is 9.16. The quantitative estimate of drug-likeness (QED) is 0.872. The van der Waals surface area contributed by atoms with Crippen LogP contribution in [0.5, 0.6) is 0 Å². The molecule has 3 heterocycles. The number of nitrogens with one attached hydrogen (secondary N) is 1. The van der Waals surface area contributed by atoms with E-state index >= 15 is 0 Å². The van der Waals surface area contributed by atoms with Gasteiger partial charge in [0, 0.05) is 30.1 Å². The largest absolute Gasteiger partial charge is 0.444 e. The van der Waals surface area contributed by atoms with Gasteiger partial charge in [-0.3, -0.25) is 4.79 Å². The number of rotatable bonds is 3. The van der Waals surface area contributed by atoms with Crippen LogP contribution in [0.2, 0.25) is 0 Å². The van der Waals surface area contributed by atoms with Crippen molar-refractivity contribution >= 4 is 12.0 Å². The Morgan fingerprint density at radius 1 is 1.19 bits per heavy atom. The molecule has 3 atom stereocenters. The van der Waals surface area contributed by atoms with E-state index in [0.717, 1.165) is 50.7 Å². The smallest absolute Gasteiger partial charge is 0.410 e. The standard InChI is InChI=1S/C20H29N3O4/c1-20(2,3)26-19(25)23-14-5-4-6-15(23)10-13(9-14)21-18(24)16-11-17(27-22-16)12-7-8-12/h11-15H,4-10H2,1-3H3,(H,21,24)/t13?,14-,15?/m1/s1. The van der Waals surface area contributed by atoms with E-state index in [2.05, 4.69) is 10.5 Å². The van der Waals surface area contributed by atoms with E-state index in [1.807, 2.05) is 25.7 Å². The van der Waals surface area contributed by atoms with E-state index in [0.29, 0.717) is 11.6 Å². The lowest BCUT2D eigenvalue weighted by molar-refractivity contribution is -0.0229. The van der Waals surface area contributed by atoms with Crippen LogP contribution in [0.15, 0.2) is 10.6 Å². The van der Waals surface area contributed by atoms with Crippen molar-refractivity contribution in [1.29, 1.82) is 0 Å². The zero-order valence-corrected chi connectivity index (χ0v) is 16.4. The Kier molecular flexibility index (Phi) is 4.64. The fourth-order valence-electron chi connectivity index (χ4n) is 4.33. The van der Waals surface area contributed by atoms with Gasteiger partial charge in [-0.15, -0.1) is 0 Å². The molecule has 2 aliphatic heterocycles. The molecule has 2 bridgehead atoms. The molecule has 0 radical (unpaired) electrons. The Labute approximate surface area is 159 Å². The van der Waals surface area contributed by atoms with E-state index in [-0.39, 0.29) is 30.1 Å². The van der Waals surface area contributed by atoms with E-state index in [1.165, 1.54) is 0 Å². The monoisotopic (exact) mass is 375 g/mol. The average molecular weight is 375 g/mol. The van der Waals surface area contributed by atoms with Gasteiger partial charge in [-0.2, -0.15) is 0 Å². The van der Waals surface area contributed by atoms with Crippen LogP contribution >= 0.6 is 0 Å². The molecular formula is C20H29N3O4. The van der Waals surface area contributed by atoms with E-state index in [1.54, 1.807) is 6.07 Å². The molecule has 1 saturated carbocycles. The number of nitrogens with zero attached hydrogens (tertiary/aromatic N) is 2. The van der Waals surface area contributed by atoms with Crippen LogP contribution in [-0.2, 0) is 4.74 Å². The summed E-state index contributed by atoms with van der Waals surface area (Å²) in [6.45, 7) is 5.67. The van der Waals surface area contributed by atoms with Crippen LogP contribution in [0.1, 0.15) is 87.9 Å². The molecule has 3 aliphatic rings. The Morgan fingerprint density at radius 3 is 2.44 bits per heavy atom. The summed E-state index contributed by atoms with van der Waals surface area (Å²) >= 11 is 0. The molecule has 0 aromatic carbocycles. The van der Waals surface area contributed by atoms with Crippen LogP contribution in [0.4, 0.5) is 4.79 Å². The van der Waals surface area contributed by atoms with Crippen molar-refractivity contribution in [2.45, 2.75) is 95.4 Å². The van der Waals surface area contributed by atoms with Crippen LogP contribution in [0.25, 0.3) is 0 Å². The summed E-state index contributed by atoms with van der Waals surface area (Å²) in [6.07, 6.45) is 6.54. The SMILES string of the molecule is CC(C)(C)OC(=O)N1C2CCC[C@@H]1CC(NC(=O)c1cc(C3CC3)on1)C2. The number of fused-ring (bicyclic) bond motifs is 2. The first-order valence-corrected chi connectivity index (χ1v) is 10.1. The maximum absolute atomic E-state index is 12.6. The second-order valence-corrected chi connectivity index (χ2v) is 9.16. The summed E-state index contributed by atoms with van der Waals surface area (Å²) in [6, 6.07) is 2.06. The van der Waals surface area contributed by atoms with Crippen LogP contribution in [0, 0.1) is 0 Å². The number of hydrogen-bond donors (Lipinski definition) is 1. The topological polar surface area (TPSA) is 84.7 Å². The van der Waals surface area contributed by atoms with E-state index in [9.17, 15) is 9.59 Å². The molecule has 148 valence electrons. The Bertz CT molecular complexity index is 705. The lowest BCUT2D eigenvalue weighted by atomic mass is 9.82. The number of amides is 2. The van der Waals surface area contributed by atoms with Gasteiger partial charge in [0.1, 0.15) is 11.4 Å². The van der Waals surface area contributed by atoms with Crippen molar-refractivity contribution in [2.24, 2.45) is 0 Å². The molecule has 2 amide bonds. The molecular weight excluding hydrogens is 346 g/mol. The van der Waals surface area contributed by atoms with Crippen molar-refractivity contribution in [1.82, 2.24) is 15.4 Å². The van der Waals surface area contributed by atoms with Gasteiger partial charge in [-0.1, -0.05) is 5.16 Å². The van der Waals surface area contributed by atoms with Gasteiger partial charge in [0.2, 0.25) is 0 Å². The number of hydrogen-bond acceptors (Lipinski definition) is 5. The summed E-state index contributed by atoms with van der Waals surface area (Å²) < 4.78 is 10.9. The number of ether oxygens (including phenoxy) is 1. The van der Waals surface area contributed by atoms with Crippen LogP contribution in [-0.4, -0.2) is 45.8 Å². The maximum Gasteiger partial charge on any atom is 0.410 e. The van der Waals surface area contributed by atoms with Crippen molar-refractivity contribution in [3.8, 4) is 0 Å². The Balaban J connectivity index is 1.38. The average Bonchev–Trinajstić information content (AvgIpc) is 3.29. The molecule has 3 fully saturated rings. The lowest BCUT2D eigenvalue weighted by Gasteiger charge is -2.48. The highest BCUT2D eigenvalue weighted by molar-refractivity contribution is 5.92. The predicted molar refractivity (Wildman–Crippen MR) is 98.5 cm³/mol. The molecule has 1 aromatic rings. The summed E-state index contributed by atoms with van der Waals surface area (Å²) in [7, 11) is 0. The zero-order chi connectivity index (χ0) is 19.2. The Morgan fingerprint density at radius 2 is 1.85 bits per heavy atom. The summed E-state index contributed by atoms with van der Waals surface area (Å²) in [5.41, 5.74) is -0.139. The van der Waals surface area contributed by atoms with Crippen LogP contribution < -0.4 is 5.32 Å². The van der Waals surface area contributed by atoms with E-state index < -0.39 is 5.60 Å². The fraction of sp³-hybridized carbons (Fsp3) is 0.750. The molecule has 7 heteroatoms. The summed E-state index contributed by atoms with van der Waals surface area (Å²) in [5.74, 6) is 1.08. The molecule has 0 spiro atoms. The van der Waals surface area contributed by atoms with Gasteiger partial charge >= 0.3 is 6.09 Å². The first-order valence-electron chi connectivity index (χ1n) is 10.1. The number of carbonyl (C=O) groups is 2. The molecule has 4 rings (SSSR count). The number of carbonyl (C=O) groups excluding carboxylic acids is 2. The molecule has 2 saturated heterocycles. The van der Waals surface area contributed by atoms with Crippen molar-refractivity contribution in [3.63, 3.8) is 0 Å². The summed E-state index contributed by atoms with van der Waals surface area (Å²) in [5, 5.41) is 7.03. The lowest BCUT2D eigenvalue weighted by Crippen LogP contribution is -2.59. The highest BCUT2D eigenvalue weighted by atomic mass is 16.6. The highest BCUT2D eigenvalue weighted by Gasteiger charge is 2.43. The highest BCUT2D eigenvalue weighted by Crippen LogP contribution is 2.40. The van der Waals surface area contributed by atoms with Crippen molar-refractivity contribution < 1.29 is 18.8 Å². The third kappa shape index (κ3) is 4.12. The Hall–Kier alpha value is -2.05. The molecule has 1 aromatic heterocycles. The summed E-state index contributed by atoms with van der Waals surface area (Å²) in [4.78, 5) is 27.1. The van der Waals surface area contributed by atoms with Gasteiger partial charge in [-0.25, -0.2) is 4.79 Å². The molecule has 1 aliphatic carbocycles. The fourth-order valence-corrected chi connectivity index (χ4v) is 4.33. The van der Waals surface area contributed by atoms with Gasteiger partial charge in [0.15, 0.2) is 5.69 Å². The molecule has 7 nitrogen and oxygen atoms in total. The van der Waals surface area contributed by atoms with E-state index in [4.69, 9.17) is 9.26 Å². The van der Waals surface area contributed by atoms with Gasteiger partial charge < -0.3 is 19.5 Å². The zero-order valence-electron chi connectivity index (χ0n) is 16.4. The minimum atomic E-state index is -0.497. The second kappa shape index (κ2) is 6.84. The molecule has 27 heavy (non-hydrogen) atoms. The number of piperidine rings is 2. The van der Waals surface area contributed by atoms with Gasteiger partial charge in [-0.05, 0) is 65.7 Å². The van der Waals surface area contributed by atoms with Crippen molar-refractivity contribution in [2.75, 3.05) is 0 Å². The number of aromatic nitrogens is 1. The first-order chi connectivity index (χ1) is 12.8. The predicted octanol–water partition coefficient (Wildman–Crippen LogP) is 3.60. The van der Waals surface area contributed by atoms with Crippen LogP contribution in [0.3, 0.4) is 0 Å². The third-order valence-corrected chi connectivity index (χ3v) is 5.65. The van der Waals surface area contributed by atoms with Crippen molar-refractivity contribution in [3.05, 3.63) is 17.5 Å². The van der Waals surface area contributed by atoms with Gasteiger partial charge in [0.25, 0.3) is 5.91 Å². The third-order valence-electron chi connectivity index (χ3n) is 5.65.